The molecule has 0 aromatic carbocycles. The van der Waals surface area contributed by atoms with Crippen molar-refractivity contribution in [1.29, 1.82) is 0 Å². The molecule has 5 heteroatoms. The number of ether oxygens (including phenoxy) is 4. The maximum absolute atomic E-state index is 6.53. The first kappa shape index (κ1) is 56.9. The van der Waals surface area contributed by atoms with E-state index in [1.807, 2.05) is 13.8 Å². The molecule has 5 rings (SSSR count). The summed E-state index contributed by atoms with van der Waals surface area (Å²) in [6.45, 7) is 26.3. The summed E-state index contributed by atoms with van der Waals surface area (Å²) < 4.78 is 25.4. The summed E-state index contributed by atoms with van der Waals surface area (Å²) in [6, 6.07) is 0. The van der Waals surface area contributed by atoms with Crippen LogP contribution in [0.4, 0.5) is 0 Å². The molecule has 5 aliphatic rings. The molecule has 0 aromatic rings. The van der Waals surface area contributed by atoms with E-state index in [0.29, 0.717) is 50.0 Å². The zero-order valence-corrected chi connectivity index (χ0v) is 44.8. The fourth-order valence-corrected chi connectivity index (χ4v) is 13.8. The molecule has 0 spiro atoms. The van der Waals surface area contributed by atoms with E-state index in [4.69, 9.17) is 18.9 Å². The molecule has 0 radical (unpaired) electrons. The molecule has 3 saturated carbocycles. The predicted octanol–water partition coefficient (Wildman–Crippen LogP) is 16.8. The highest BCUT2D eigenvalue weighted by molar-refractivity contribution is 5.25. The Labute approximate surface area is 405 Å². The Morgan fingerprint density at radius 1 is 0.692 bits per heavy atom. The summed E-state index contributed by atoms with van der Waals surface area (Å²) in [5, 5.41) is 0. The number of hydrogen-bond acceptors (Lipinski definition) is 5. The Bertz CT molecular complexity index is 1250. The molecule has 0 bridgehead atoms. The van der Waals surface area contributed by atoms with E-state index in [9.17, 15) is 0 Å². The molecule has 9 atom stereocenters. The van der Waals surface area contributed by atoms with Crippen LogP contribution >= 0.6 is 0 Å². The predicted molar refractivity (Wildman–Crippen MR) is 280 cm³/mol. The quantitative estimate of drug-likeness (QED) is 0.0468. The van der Waals surface area contributed by atoms with Crippen LogP contribution < -0.4 is 0 Å². The molecule has 380 valence electrons. The molecule has 0 N–H and O–H groups in total. The molecule has 1 aliphatic heterocycles. The number of allylic oxidation sites excluding steroid dienone is 3. The highest BCUT2D eigenvalue weighted by Crippen LogP contribution is 2.67. The van der Waals surface area contributed by atoms with Crippen molar-refractivity contribution < 1.29 is 18.9 Å². The van der Waals surface area contributed by atoms with Crippen LogP contribution in [0.1, 0.15) is 242 Å². The van der Waals surface area contributed by atoms with Gasteiger partial charge in [-0.3, -0.25) is 0 Å². The van der Waals surface area contributed by atoms with Crippen LogP contribution in [0, 0.1) is 46.3 Å². The van der Waals surface area contributed by atoms with E-state index in [2.05, 4.69) is 64.7 Å². The van der Waals surface area contributed by atoms with Gasteiger partial charge in [-0.15, -0.1) is 0 Å². The Balaban J connectivity index is 0.00000456. The van der Waals surface area contributed by atoms with Crippen LogP contribution in [0.25, 0.3) is 0 Å². The van der Waals surface area contributed by atoms with Gasteiger partial charge in [0.25, 0.3) is 0 Å². The Hall–Kier alpha value is -0.720. The standard InChI is InChI=1S/C58H105NO4.C2H6/c1-7-9-10-11-12-13-14-15-16-17-18-19-20-21-22-25-39-61-47-53(46-59-38-35-49(45-59)26-8-2)63-43-41-60-40-42-62-52-33-36-58(6)51(44-52)29-31-54-55-32-30-50(28-24-23-27-48(3)4)57(55,5)37-34-56(54)58;1-2/h15-16,29,48-50,52-56H,7-14,17-28,30-47H2,1-6H3;1-2H3/b16-15-;/t49?,50?,52?,53?,54-,55?,56?,57+,58?;/m0./s1. The lowest BCUT2D eigenvalue weighted by Gasteiger charge is -2.58. The first-order valence-electron chi connectivity index (χ1n) is 29.2. The van der Waals surface area contributed by atoms with Gasteiger partial charge in [0.15, 0.2) is 0 Å². The number of likely N-dealkylation sites (tertiary alicyclic amines) is 1. The zero-order chi connectivity index (χ0) is 46.6. The van der Waals surface area contributed by atoms with Gasteiger partial charge in [-0.25, -0.2) is 0 Å². The fourth-order valence-electron chi connectivity index (χ4n) is 13.8. The minimum absolute atomic E-state index is 0.117. The Morgan fingerprint density at radius 2 is 1.42 bits per heavy atom. The Kier molecular flexibility index (Phi) is 28.8. The van der Waals surface area contributed by atoms with Crippen molar-refractivity contribution in [2.75, 3.05) is 59.3 Å². The van der Waals surface area contributed by atoms with Gasteiger partial charge in [0, 0.05) is 19.7 Å². The smallest absolute Gasteiger partial charge is 0.0936 e. The van der Waals surface area contributed by atoms with Crippen molar-refractivity contribution in [3.05, 3.63) is 23.8 Å². The van der Waals surface area contributed by atoms with Gasteiger partial charge < -0.3 is 23.8 Å². The summed E-state index contributed by atoms with van der Waals surface area (Å²) in [5.41, 5.74) is 2.72. The zero-order valence-electron chi connectivity index (χ0n) is 44.8. The van der Waals surface area contributed by atoms with Gasteiger partial charge in [-0.1, -0.05) is 163 Å². The number of nitrogens with zero attached hydrogens (tertiary/aromatic N) is 1. The summed E-state index contributed by atoms with van der Waals surface area (Å²) in [4.78, 5) is 2.62. The van der Waals surface area contributed by atoms with E-state index in [1.165, 1.54) is 186 Å². The number of rotatable bonds is 35. The van der Waals surface area contributed by atoms with Crippen LogP contribution in [0.3, 0.4) is 0 Å². The highest BCUT2D eigenvalue weighted by atomic mass is 16.6. The van der Waals surface area contributed by atoms with Crippen LogP contribution in [-0.4, -0.2) is 76.4 Å². The third-order valence-electron chi connectivity index (χ3n) is 17.6. The van der Waals surface area contributed by atoms with Gasteiger partial charge in [0.05, 0.1) is 45.2 Å². The Morgan fingerprint density at radius 3 is 2.15 bits per heavy atom. The molecule has 4 fully saturated rings. The topological polar surface area (TPSA) is 40.2 Å². The second-order valence-corrected chi connectivity index (χ2v) is 22.8. The monoisotopic (exact) mass is 910 g/mol. The lowest BCUT2D eigenvalue weighted by Crippen LogP contribution is -2.50. The maximum atomic E-state index is 6.53. The second-order valence-electron chi connectivity index (χ2n) is 22.8. The molecule has 4 aliphatic carbocycles. The summed E-state index contributed by atoms with van der Waals surface area (Å²) in [7, 11) is 0. The molecular formula is C60H111NO4. The minimum atomic E-state index is 0.117. The fraction of sp³-hybridized carbons (Fsp3) is 0.933. The maximum Gasteiger partial charge on any atom is 0.0936 e. The van der Waals surface area contributed by atoms with Crippen LogP contribution in [-0.2, 0) is 18.9 Å². The van der Waals surface area contributed by atoms with Gasteiger partial charge in [-0.2, -0.15) is 0 Å². The largest absolute Gasteiger partial charge is 0.379 e. The van der Waals surface area contributed by atoms with Crippen molar-refractivity contribution in [3.63, 3.8) is 0 Å². The minimum Gasteiger partial charge on any atom is -0.379 e. The number of fused-ring (bicyclic) bond motifs is 5. The van der Waals surface area contributed by atoms with Crippen LogP contribution in [0.15, 0.2) is 23.8 Å². The second kappa shape index (κ2) is 33.0. The molecule has 7 unspecified atom stereocenters. The average Bonchev–Trinajstić information content (AvgIpc) is 3.90. The van der Waals surface area contributed by atoms with Gasteiger partial charge in [-0.05, 0) is 156 Å². The molecule has 0 aromatic heterocycles. The van der Waals surface area contributed by atoms with E-state index < -0.39 is 0 Å². The third kappa shape index (κ3) is 19.5. The van der Waals surface area contributed by atoms with Crippen molar-refractivity contribution in [1.82, 2.24) is 4.90 Å². The number of unbranched alkanes of at least 4 members (excludes halogenated alkanes) is 13. The van der Waals surface area contributed by atoms with E-state index >= 15 is 0 Å². The molecular weight excluding hydrogens is 799 g/mol. The first-order valence-corrected chi connectivity index (χ1v) is 29.2. The molecule has 65 heavy (non-hydrogen) atoms. The third-order valence-corrected chi connectivity index (χ3v) is 17.6. The van der Waals surface area contributed by atoms with E-state index in [0.717, 1.165) is 61.5 Å². The van der Waals surface area contributed by atoms with Gasteiger partial charge in [0.2, 0.25) is 0 Å². The lowest BCUT2D eigenvalue weighted by atomic mass is 9.47. The molecule has 5 nitrogen and oxygen atoms in total. The van der Waals surface area contributed by atoms with Gasteiger partial charge >= 0.3 is 0 Å². The molecule has 1 heterocycles. The number of hydrogen-bond donors (Lipinski definition) is 0. The summed E-state index contributed by atoms with van der Waals surface area (Å²) in [5.74, 6) is 5.41. The molecule has 1 saturated heterocycles. The van der Waals surface area contributed by atoms with E-state index in [-0.39, 0.29) is 6.10 Å². The first-order chi connectivity index (χ1) is 31.8. The summed E-state index contributed by atoms with van der Waals surface area (Å²) >= 11 is 0. The van der Waals surface area contributed by atoms with Crippen molar-refractivity contribution in [2.24, 2.45) is 46.3 Å². The van der Waals surface area contributed by atoms with Crippen LogP contribution in [0.5, 0.6) is 0 Å². The van der Waals surface area contributed by atoms with Crippen molar-refractivity contribution in [3.8, 4) is 0 Å². The van der Waals surface area contributed by atoms with Crippen LogP contribution in [0.2, 0.25) is 0 Å². The van der Waals surface area contributed by atoms with Crippen molar-refractivity contribution >= 4 is 0 Å². The summed E-state index contributed by atoms with van der Waals surface area (Å²) in [6.07, 6.45) is 47.4. The van der Waals surface area contributed by atoms with Gasteiger partial charge in [0.1, 0.15) is 0 Å². The SMILES string of the molecule is CC.CCCCCCCC/C=C\CCCCCCCCOCC(CN1CCC(CCC)C1)OCCOCCOC1CCC2(C)C(=CC[C@@H]3C2CC[C@]2(C)C(CCCCC(C)C)CCC32)C1. The average molecular weight is 911 g/mol. The van der Waals surface area contributed by atoms with E-state index in [1.54, 1.807) is 5.57 Å². The van der Waals surface area contributed by atoms with Crippen molar-refractivity contribution in [2.45, 2.75) is 254 Å². The normalized spacial score (nSPS) is 29.4. The molecule has 0 amide bonds. The lowest BCUT2D eigenvalue weighted by molar-refractivity contribution is -0.0707. The highest BCUT2D eigenvalue weighted by Gasteiger charge is 2.58.